The molecule has 1 aliphatic rings. The first-order valence-corrected chi connectivity index (χ1v) is 9.12. The van der Waals surface area contributed by atoms with Crippen molar-refractivity contribution in [2.24, 2.45) is 0 Å². The molecule has 0 aliphatic carbocycles. The van der Waals surface area contributed by atoms with Crippen LogP contribution in [0, 0.1) is 0 Å². The van der Waals surface area contributed by atoms with E-state index in [9.17, 15) is 9.59 Å². The number of nitrogens with one attached hydrogen (secondary N) is 1. The van der Waals surface area contributed by atoms with Gasteiger partial charge in [-0.2, -0.15) is 0 Å². The number of anilines is 1. The maximum Gasteiger partial charge on any atom is 0.290 e. The summed E-state index contributed by atoms with van der Waals surface area (Å²) >= 11 is 1.33. The van der Waals surface area contributed by atoms with Crippen molar-refractivity contribution >= 4 is 28.3 Å². The average molecular weight is 368 g/mol. The Bertz CT molecular complexity index is 908. The van der Waals surface area contributed by atoms with E-state index >= 15 is 0 Å². The topological polar surface area (TPSA) is 88.3 Å². The second-order valence-electron chi connectivity index (χ2n) is 5.88. The van der Waals surface area contributed by atoms with Crippen LogP contribution in [0.4, 0.5) is 5.13 Å². The van der Waals surface area contributed by atoms with Crippen molar-refractivity contribution in [2.45, 2.75) is 18.9 Å². The van der Waals surface area contributed by atoms with Crippen LogP contribution in [-0.4, -0.2) is 39.3 Å². The first-order valence-electron chi connectivity index (χ1n) is 8.24. The minimum atomic E-state index is -0.519. The van der Waals surface area contributed by atoms with E-state index in [4.69, 9.17) is 4.42 Å². The number of carbonyl (C=O) groups is 2. The van der Waals surface area contributed by atoms with Crippen molar-refractivity contribution in [1.29, 1.82) is 0 Å². The maximum absolute atomic E-state index is 12.7. The molecule has 4 heterocycles. The van der Waals surface area contributed by atoms with E-state index in [1.165, 1.54) is 17.6 Å². The highest BCUT2D eigenvalue weighted by Crippen LogP contribution is 2.25. The molecule has 0 bridgehead atoms. The van der Waals surface area contributed by atoms with Gasteiger partial charge >= 0.3 is 0 Å². The van der Waals surface area contributed by atoms with Crippen LogP contribution in [0.5, 0.6) is 0 Å². The molecule has 26 heavy (non-hydrogen) atoms. The van der Waals surface area contributed by atoms with Crippen molar-refractivity contribution in [3.8, 4) is 11.4 Å². The fourth-order valence-corrected chi connectivity index (χ4v) is 3.68. The molecule has 1 saturated heterocycles. The second kappa shape index (κ2) is 7.09. The number of thiazole rings is 1. The van der Waals surface area contributed by atoms with Crippen molar-refractivity contribution in [2.75, 3.05) is 11.9 Å². The van der Waals surface area contributed by atoms with Gasteiger partial charge in [0.1, 0.15) is 11.7 Å². The van der Waals surface area contributed by atoms with Gasteiger partial charge in [-0.15, -0.1) is 11.3 Å². The highest BCUT2D eigenvalue weighted by Gasteiger charge is 2.35. The molecule has 2 amide bonds. The summed E-state index contributed by atoms with van der Waals surface area (Å²) in [6, 6.07) is 8.33. The SMILES string of the molecule is O=C(Nc1nc(-c2ccccn2)cs1)[C@@H]1CCCN1C(=O)c1ccco1. The van der Waals surface area contributed by atoms with Crippen molar-refractivity contribution in [3.63, 3.8) is 0 Å². The highest BCUT2D eigenvalue weighted by molar-refractivity contribution is 7.14. The molecule has 1 fully saturated rings. The molecule has 0 saturated carbocycles. The third-order valence-corrected chi connectivity index (χ3v) is 4.97. The van der Waals surface area contributed by atoms with Crippen LogP contribution in [0.2, 0.25) is 0 Å². The summed E-state index contributed by atoms with van der Waals surface area (Å²) in [4.78, 5) is 35.4. The summed E-state index contributed by atoms with van der Waals surface area (Å²) in [5.74, 6) is -0.248. The zero-order valence-electron chi connectivity index (χ0n) is 13.8. The summed E-state index contributed by atoms with van der Waals surface area (Å²) in [5, 5.41) is 5.16. The fraction of sp³-hybridized carbons (Fsp3) is 0.222. The lowest BCUT2D eigenvalue weighted by molar-refractivity contribution is -0.119. The van der Waals surface area contributed by atoms with Crippen LogP contribution in [0.3, 0.4) is 0 Å². The number of likely N-dealkylation sites (tertiary alicyclic amines) is 1. The molecule has 3 aromatic heterocycles. The number of hydrogen-bond acceptors (Lipinski definition) is 6. The van der Waals surface area contributed by atoms with Crippen LogP contribution in [0.25, 0.3) is 11.4 Å². The van der Waals surface area contributed by atoms with Crippen LogP contribution in [0.15, 0.2) is 52.6 Å². The van der Waals surface area contributed by atoms with Gasteiger partial charge in [-0.05, 0) is 37.1 Å². The molecule has 0 radical (unpaired) electrons. The Hall–Kier alpha value is -3.00. The molecule has 1 N–H and O–H groups in total. The van der Waals surface area contributed by atoms with E-state index in [1.54, 1.807) is 23.2 Å². The number of nitrogens with zero attached hydrogens (tertiary/aromatic N) is 3. The highest BCUT2D eigenvalue weighted by atomic mass is 32.1. The van der Waals surface area contributed by atoms with E-state index in [-0.39, 0.29) is 17.6 Å². The summed E-state index contributed by atoms with van der Waals surface area (Å²) < 4.78 is 5.17. The number of aromatic nitrogens is 2. The van der Waals surface area contributed by atoms with Gasteiger partial charge in [0.2, 0.25) is 5.91 Å². The number of pyridine rings is 1. The molecular formula is C18H16N4O3S. The average Bonchev–Trinajstić information content (AvgIpc) is 3.42. The van der Waals surface area contributed by atoms with Gasteiger partial charge in [-0.1, -0.05) is 6.07 Å². The smallest absolute Gasteiger partial charge is 0.290 e. The van der Waals surface area contributed by atoms with Gasteiger partial charge < -0.3 is 14.6 Å². The molecule has 132 valence electrons. The van der Waals surface area contributed by atoms with Gasteiger partial charge in [0, 0.05) is 18.1 Å². The van der Waals surface area contributed by atoms with E-state index < -0.39 is 6.04 Å². The minimum Gasteiger partial charge on any atom is -0.459 e. The number of carbonyl (C=O) groups excluding carboxylic acids is 2. The van der Waals surface area contributed by atoms with Crippen molar-refractivity contribution in [1.82, 2.24) is 14.9 Å². The van der Waals surface area contributed by atoms with Gasteiger partial charge in [0.15, 0.2) is 10.9 Å². The Labute approximate surface area is 153 Å². The van der Waals surface area contributed by atoms with Crippen LogP contribution in [-0.2, 0) is 4.79 Å². The zero-order chi connectivity index (χ0) is 17.9. The predicted molar refractivity (Wildman–Crippen MR) is 96.7 cm³/mol. The lowest BCUT2D eigenvalue weighted by Gasteiger charge is -2.22. The first kappa shape index (κ1) is 16.5. The molecule has 1 atom stereocenters. The fourth-order valence-electron chi connectivity index (χ4n) is 2.98. The summed E-state index contributed by atoms with van der Waals surface area (Å²) in [5.41, 5.74) is 1.46. The molecule has 4 rings (SSSR count). The first-order chi connectivity index (χ1) is 12.7. The molecule has 0 unspecified atom stereocenters. The maximum atomic E-state index is 12.7. The molecule has 8 heteroatoms. The van der Waals surface area contributed by atoms with Crippen LogP contribution < -0.4 is 5.32 Å². The van der Waals surface area contributed by atoms with E-state index in [0.29, 0.717) is 23.8 Å². The Morgan fingerprint density at radius 1 is 1.23 bits per heavy atom. The van der Waals surface area contributed by atoms with Crippen LogP contribution in [0.1, 0.15) is 23.4 Å². The monoisotopic (exact) mass is 368 g/mol. The number of furan rings is 1. The summed E-state index contributed by atoms with van der Waals surface area (Å²) in [6.45, 7) is 0.536. The van der Waals surface area contributed by atoms with Gasteiger partial charge in [0.05, 0.1) is 12.0 Å². The van der Waals surface area contributed by atoms with Crippen LogP contribution >= 0.6 is 11.3 Å². The Morgan fingerprint density at radius 3 is 2.92 bits per heavy atom. The van der Waals surface area contributed by atoms with Crippen molar-refractivity contribution in [3.05, 3.63) is 53.9 Å². The standard InChI is InChI=1S/C18H16N4O3S/c23-16(14-6-3-9-22(14)17(24)15-7-4-10-25-15)21-18-20-13(11-26-18)12-5-1-2-8-19-12/h1-2,4-5,7-8,10-11,14H,3,6,9H2,(H,20,21,23)/t14-/m0/s1. The van der Waals surface area contributed by atoms with Gasteiger partial charge in [-0.25, -0.2) is 4.98 Å². The molecule has 7 nitrogen and oxygen atoms in total. The number of hydrogen-bond donors (Lipinski definition) is 1. The zero-order valence-corrected chi connectivity index (χ0v) is 14.6. The van der Waals surface area contributed by atoms with E-state index in [0.717, 1.165) is 12.1 Å². The Morgan fingerprint density at radius 2 is 2.15 bits per heavy atom. The third-order valence-electron chi connectivity index (χ3n) is 4.21. The quantitative estimate of drug-likeness (QED) is 0.765. The summed E-state index contributed by atoms with van der Waals surface area (Å²) in [7, 11) is 0. The minimum absolute atomic E-state index is 0.232. The number of rotatable bonds is 4. The van der Waals surface area contributed by atoms with Crippen molar-refractivity contribution < 1.29 is 14.0 Å². The summed E-state index contributed by atoms with van der Waals surface area (Å²) in [6.07, 6.45) is 4.55. The lowest BCUT2D eigenvalue weighted by Crippen LogP contribution is -2.43. The normalized spacial score (nSPS) is 16.6. The Balaban J connectivity index is 1.46. The molecule has 1 aliphatic heterocycles. The molecule has 3 aromatic rings. The molecule has 0 spiro atoms. The predicted octanol–water partition coefficient (Wildman–Crippen LogP) is 3.04. The molecule has 0 aromatic carbocycles. The Kier molecular flexibility index (Phi) is 4.49. The van der Waals surface area contributed by atoms with Gasteiger partial charge in [0.25, 0.3) is 5.91 Å². The second-order valence-corrected chi connectivity index (χ2v) is 6.73. The van der Waals surface area contributed by atoms with E-state index in [2.05, 4.69) is 15.3 Å². The van der Waals surface area contributed by atoms with E-state index in [1.807, 2.05) is 23.6 Å². The lowest BCUT2D eigenvalue weighted by atomic mass is 10.2. The molecular weight excluding hydrogens is 352 g/mol. The third kappa shape index (κ3) is 3.23. The largest absolute Gasteiger partial charge is 0.459 e. The number of amides is 2. The van der Waals surface area contributed by atoms with Gasteiger partial charge in [-0.3, -0.25) is 14.6 Å².